The zero-order valence-electron chi connectivity index (χ0n) is 18.6. The first-order chi connectivity index (χ1) is 13.9. The number of hydrogen-bond acceptors (Lipinski definition) is 5. The minimum Gasteiger partial charge on any atom is -0.386 e. The van der Waals surface area contributed by atoms with Crippen LogP contribution >= 0.6 is 0 Å². The molecule has 156 valence electrons. The summed E-state index contributed by atoms with van der Waals surface area (Å²) in [4.78, 5) is 13.2. The van der Waals surface area contributed by atoms with Crippen LogP contribution in [0.15, 0.2) is 16.7 Å². The van der Waals surface area contributed by atoms with Crippen molar-refractivity contribution in [3.8, 4) is 22.3 Å². The molecule has 2 aromatic heterocycles. The van der Waals surface area contributed by atoms with Gasteiger partial charge in [-0.3, -0.25) is 9.89 Å². The van der Waals surface area contributed by atoms with E-state index in [2.05, 4.69) is 33.7 Å². The molecule has 0 saturated carbocycles. The van der Waals surface area contributed by atoms with Gasteiger partial charge in [0, 0.05) is 36.5 Å². The van der Waals surface area contributed by atoms with Gasteiger partial charge in [0.25, 0.3) is 0 Å². The third kappa shape index (κ3) is 4.04. The van der Waals surface area contributed by atoms with Crippen LogP contribution in [0, 0.1) is 20.8 Å². The summed E-state index contributed by atoms with van der Waals surface area (Å²) < 4.78 is 5.37. The number of rotatable bonds is 6. The van der Waals surface area contributed by atoms with Gasteiger partial charge in [0.1, 0.15) is 5.76 Å². The Morgan fingerprint density at radius 2 is 1.90 bits per heavy atom. The maximum atomic E-state index is 11.6. The van der Waals surface area contributed by atoms with Crippen LogP contribution in [-0.4, -0.2) is 35.9 Å². The van der Waals surface area contributed by atoms with Crippen LogP contribution in [0.5, 0.6) is 0 Å². The Hall–Kier alpha value is -3.09. The first kappa shape index (κ1) is 22.2. The van der Waals surface area contributed by atoms with Gasteiger partial charge in [-0.2, -0.15) is 5.10 Å². The van der Waals surface area contributed by atoms with Gasteiger partial charge in [0.2, 0.25) is 6.41 Å². The van der Waals surface area contributed by atoms with Gasteiger partial charge in [0.15, 0.2) is 0 Å². The Balaban J connectivity index is 0.00000145. The monoisotopic (exact) mass is 397 g/mol. The van der Waals surface area contributed by atoms with E-state index in [0.717, 1.165) is 69.3 Å². The molecule has 7 heteroatoms. The van der Waals surface area contributed by atoms with Crippen LogP contribution in [0.4, 0.5) is 11.4 Å². The van der Waals surface area contributed by atoms with Gasteiger partial charge in [-0.1, -0.05) is 25.9 Å². The van der Waals surface area contributed by atoms with Crippen molar-refractivity contribution < 1.29 is 9.32 Å². The number of H-pyrrole nitrogens is 1. The fraction of sp³-hybridized carbons (Fsp3) is 0.409. The second-order valence-electron chi connectivity index (χ2n) is 6.61. The van der Waals surface area contributed by atoms with Crippen molar-refractivity contribution in [1.82, 2.24) is 15.4 Å². The zero-order valence-corrected chi connectivity index (χ0v) is 18.6. The molecular formula is C22H31N5O2. The minimum absolute atomic E-state index is 0.761. The molecule has 1 amide bonds. The molecular weight excluding hydrogens is 366 g/mol. The Bertz CT molecular complexity index is 968. The Kier molecular flexibility index (Phi) is 7.20. The second kappa shape index (κ2) is 9.41. The summed E-state index contributed by atoms with van der Waals surface area (Å²) in [5, 5.41) is 14.8. The second-order valence-corrected chi connectivity index (χ2v) is 6.61. The molecule has 0 aliphatic rings. The van der Waals surface area contributed by atoms with Gasteiger partial charge in [0.05, 0.1) is 22.8 Å². The topological polar surface area (TPSA) is 87.0 Å². The van der Waals surface area contributed by atoms with Crippen LogP contribution in [-0.2, 0) is 11.2 Å². The molecule has 0 aliphatic carbocycles. The molecule has 2 heterocycles. The summed E-state index contributed by atoms with van der Waals surface area (Å²) in [7, 11) is 3.60. The SMILES string of the molecule is CC.CCc1n[nH]c(C)c1-c1cc(-c2c(C)noc2C)cc(NC)c1N(C)C=O. The van der Waals surface area contributed by atoms with Crippen molar-refractivity contribution >= 4 is 17.8 Å². The molecule has 0 saturated heterocycles. The minimum atomic E-state index is 0.761. The van der Waals surface area contributed by atoms with E-state index in [-0.39, 0.29) is 0 Å². The number of hydrogen-bond donors (Lipinski definition) is 2. The average Bonchev–Trinajstić information content (AvgIpc) is 3.28. The molecule has 29 heavy (non-hydrogen) atoms. The number of anilines is 2. The number of amides is 1. The lowest BCUT2D eigenvalue weighted by Crippen LogP contribution is -2.17. The van der Waals surface area contributed by atoms with E-state index in [1.54, 1.807) is 11.9 Å². The van der Waals surface area contributed by atoms with Gasteiger partial charge < -0.3 is 14.7 Å². The molecule has 3 rings (SSSR count). The van der Waals surface area contributed by atoms with Crippen molar-refractivity contribution in [2.45, 2.75) is 48.0 Å². The fourth-order valence-electron chi connectivity index (χ4n) is 3.58. The quantitative estimate of drug-likeness (QED) is 0.579. The van der Waals surface area contributed by atoms with Crippen molar-refractivity contribution in [3.63, 3.8) is 0 Å². The highest BCUT2D eigenvalue weighted by atomic mass is 16.5. The largest absolute Gasteiger partial charge is 0.386 e. The molecule has 2 N–H and O–H groups in total. The molecule has 0 spiro atoms. The Morgan fingerprint density at radius 3 is 2.41 bits per heavy atom. The Labute approximate surface area is 172 Å². The van der Waals surface area contributed by atoms with E-state index in [9.17, 15) is 4.79 Å². The highest BCUT2D eigenvalue weighted by Crippen LogP contribution is 2.43. The van der Waals surface area contributed by atoms with E-state index in [1.165, 1.54) is 0 Å². The third-order valence-electron chi connectivity index (χ3n) is 4.84. The number of aromatic nitrogens is 3. The molecule has 0 bridgehead atoms. The summed E-state index contributed by atoms with van der Waals surface area (Å²) in [6.45, 7) is 11.9. The number of carbonyl (C=O) groups excluding carboxylic acids is 1. The van der Waals surface area contributed by atoms with Crippen LogP contribution in [0.2, 0.25) is 0 Å². The first-order valence-electron chi connectivity index (χ1n) is 9.94. The predicted octanol–water partition coefficient (Wildman–Crippen LogP) is 4.88. The summed E-state index contributed by atoms with van der Waals surface area (Å²) >= 11 is 0. The highest BCUT2D eigenvalue weighted by molar-refractivity contribution is 5.98. The molecule has 0 atom stereocenters. The molecule has 0 fully saturated rings. The molecule has 1 aromatic carbocycles. The molecule has 0 radical (unpaired) electrons. The van der Waals surface area contributed by atoms with Gasteiger partial charge in [-0.25, -0.2) is 0 Å². The summed E-state index contributed by atoms with van der Waals surface area (Å²) in [6, 6.07) is 4.10. The highest BCUT2D eigenvalue weighted by Gasteiger charge is 2.23. The normalized spacial score (nSPS) is 10.3. The zero-order chi connectivity index (χ0) is 21.7. The number of nitrogens with one attached hydrogen (secondary N) is 2. The first-order valence-corrected chi connectivity index (χ1v) is 9.94. The van der Waals surface area contributed by atoms with Crippen molar-refractivity contribution in [3.05, 3.63) is 35.0 Å². The lowest BCUT2D eigenvalue weighted by molar-refractivity contribution is -0.107. The van der Waals surface area contributed by atoms with Crippen molar-refractivity contribution in [2.75, 3.05) is 24.3 Å². The number of aromatic amines is 1. The van der Waals surface area contributed by atoms with E-state index < -0.39 is 0 Å². The van der Waals surface area contributed by atoms with Crippen LogP contribution < -0.4 is 10.2 Å². The van der Waals surface area contributed by atoms with Crippen molar-refractivity contribution in [2.24, 2.45) is 0 Å². The average molecular weight is 398 g/mol. The molecule has 3 aromatic rings. The number of carbonyl (C=O) groups is 1. The van der Waals surface area contributed by atoms with Crippen LogP contribution in [0.3, 0.4) is 0 Å². The molecule has 0 unspecified atom stereocenters. The standard InChI is InChI=1S/C20H25N5O2.C2H6/c1-7-16-19(11(2)22-23-16)15-8-14(18-12(3)24-27-13(18)4)9-17(21-5)20(15)25(6)10-26;1-2/h8-10,21H,7H2,1-6H3,(H,22,23);1-2H3. The summed E-state index contributed by atoms with van der Waals surface area (Å²) in [6.07, 6.45) is 1.60. The maximum Gasteiger partial charge on any atom is 0.213 e. The van der Waals surface area contributed by atoms with E-state index in [0.29, 0.717) is 0 Å². The van der Waals surface area contributed by atoms with E-state index >= 15 is 0 Å². The van der Waals surface area contributed by atoms with Gasteiger partial charge in [-0.05, 0) is 44.9 Å². The van der Waals surface area contributed by atoms with Crippen LogP contribution in [0.25, 0.3) is 22.3 Å². The number of benzene rings is 1. The van der Waals surface area contributed by atoms with Crippen LogP contribution in [0.1, 0.15) is 43.6 Å². The fourth-order valence-corrected chi connectivity index (χ4v) is 3.58. The maximum absolute atomic E-state index is 11.6. The lowest BCUT2D eigenvalue weighted by Gasteiger charge is -2.22. The van der Waals surface area contributed by atoms with E-state index in [1.807, 2.05) is 47.7 Å². The Morgan fingerprint density at radius 1 is 1.21 bits per heavy atom. The van der Waals surface area contributed by atoms with E-state index in [4.69, 9.17) is 4.52 Å². The molecule has 0 aliphatic heterocycles. The lowest BCUT2D eigenvalue weighted by atomic mass is 9.93. The van der Waals surface area contributed by atoms with Gasteiger partial charge >= 0.3 is 0 Å². The van der Waals surface area contributed by atoms with Crippen molar-refractivity contribution in [1.29, 1.82) is 0 Å². The number of aryl methyl sites for hydroxylation is 4. The summed E-state index contributed by atoms with van der Waals surface area (Å²) in [5.41, 5.74) is 8.32. The molecule has 7 nitrogen and oxygen atoms in total. The predicted molar refractivity (Wildman–Crippen MR) is 118 cm³/mol. The third-order valence-corrected chi connectivity index (χ3v) is 4.84. The van der Waals surface area contributed by atoms with Gasteiger partial charge in [-0.15, -0.1) is 0 Å². The number of nitrogens with zero attached hydrogens (tertiary/aromatic N) is 3. The summed E-state index contributed by atoms with van der Waals surface area (Å²) in [5.74, 6) is 0.761. The smallest absolute Gasteiger partial charge is 0.213 e.